The van der Waals surface area contributed by atoms with Crippen LogP contribution in [0.5, 0.6) is 0 Å². The number of nitrogens with one attached hydrogen (secondary N) is 1. The number of rotatable bonds is 3. The summed E-state index contributed by atoms with van der Waals surface area (Å²) in [7, 11) is 0. The van der Waals surface area contributed by atoms with Crippen LogP contribution in [-0.2, 0) is 0 Å². The third-order valence-corrected chi connectivity index (χ3v) is 2.55. The molecule has 2 aromatic rings. The Balaban J connectivity index is 2.24. The van der Waals surface area contributed by atoms with Crippen molar-refractivity contribution in [1.29, 1.82) is 0 Å². The van der Waals surface area contributed by atoms with Crippen LogP contribution in [0.3, 0.4) is 0 Å². The molecule has 0 spiro atoms. The minimum Gasteiger partial charge on any atom is -0.374 e. The van der Waals surface area contributed by atoms with E-state index in [1.807, 2.05) is 0 Å². The Hall–Kier alpha value is -2.04. The molecular formula is C13H11F3N2. The zero-order valence-electron chi connectivity index (χ0n) is 9.62. The fraction of sp³-hybridized carbons (Fsp3) is 0.154. The summed E-state index contributed by atoms with van der Waals surface area (Å²) >= 11 is 0. The summed E-state index contributed by atoms with van der Waals surface area (Å²) in [5.41, 5.74) is 0.284. The van der Waals surface area contributed by atoms with Crippen LogP contribution in [0.4, 0.5) is 18.9 Å². The van der Waals surface area contributed by atoms with Gasteiger partial charge < -0.3 is 5.32 Å². The highest BCUT2D eigenvalue weighted by atomic mass is 19.1. The molecule has 5 heteroatoms. The van der Waals surface area contributed by atoms with E-state index >= 15 is 0 Å². The smallest absolute Gasteiger partial charge is 0.149 e. The van der Waals surface area contributed by atoms with Crippen LogP contribution in [0.2, 0.25) is 0 Å². The molecule has 0 radical (unpaired) electrons. The average Bonchev–Trinajstić information content (AvgIpc) is 2.34. The molecule has 0 fully saturated rings. The number of nitrogens with zero attached hydrogens (tertiary/aromatic N) is 1. The fourth-order valence-corrected chi connectivity index (χ4v) is 1.60. The number of benzene rings is 1. The molecule has 1 N–H and O–H groups in total. The molecule has 0 aliphatic carbocycles. The monoisotopic (exact) mass is 252 g/mol. The predicted octanol–water partition coefficient (Wildman–Crippen LogP) is 3.67. The first-order chi connectivity index (χ1) is 8.58. The van der Waals surface area contributed by atoms with E-state index in [0.717, 1.165) is 18.3 Å². The van der Waals surface area contributed by atoms with Gasteiger partial charge in [-0.25, -0.2) is 13.2 Å². The van der Waals surface area contributed by atoms with Crippen molar-refractivity contribution in [2.75, 3.05) is 5.32 Å². The van der Waals surface area contributed by atoms with Gasteiger partial charge in [0, 0.05) is 6.20 Å². The first-order valence-corrected chi connectivity index (χ1v) is 5.39. The molecule has 2 nitrogen and oxygen atoms in total. The van der Waals surface area contributed by atoms with Gasteiger partial charge in [-0.1, -0.05) is 6.07 Å². The number of hydrogen-bond donors (Lipinski definition) is 1. The van der Waals surface area contributed by atoms with Crippen LogP contribution < -0.4 is 5.32 Å². The first kappa shape index (κ1) is 12.4. The number of anilines is 1. The third-order valence-electron chi connectivity index (χ3n) is 2.55. The highest BCUT2D eigenvalue weighted by Gasteiger charge is 2.13. The summed E-state index contributed by atoms with van der Waals surface area (Å²) in [6.07, 6.45) is 2.51. The lowest BCUT2D eigenvalue weighted by Gasteiger charge is -2.16. The maximum absolute atomic E-state index is 13.4. The highest BCUT2D eigenvalue weighted by molar-refractivity contribution is 5.47. The van der Waals surface area contributed by atoms with Gasteiger partial charge in [0.25, 0.3) is 0 Å². The molecule has 0 aliphatic heterocycles. The lowest BCUT2D eigenvalue weighted by Crippen LogP contribution is -2.10. The van der Waals surface area contributed by atoms with Crippen molar-refractivity contribution >= 4 is 5.69 Å². The van der Waals surface area contributed by atoms with E-state index in [1.54, 1.807) is 6.92 Å². The van der Waals surface area contributed by atoms with E-state index in [1.165, 1.54) is 18.3 Å². The van der Waals surface area contributed by atoms with Crippen molar-refractivity contribution in [3.05, 3.63) is 59.7 Å². The average molecular weight is 252 g/mol. The van der Waals surface area contributed by atoms with Crippen LogP contribution >= 0.6 is 0 Å². The van der Waals surface area contributed by atoms with Crippen molar-refractivity contribution in [2.45, 2.75) is 13.0 Å². The second-order valence-corrected chi connectivity index (χ2v) is 3.90. The Morgan fingerprint density at radius 2 is 1.78 bits per heavy atom. The standard InChI is InChI=1S/C13H11F3N2/c1-8(9-5-10(14)7-17-6-9)18-13-11(15)3-2-4-12(13)16/h2-8,18H,1H3. The summed E-state index contributed by atoms with van der Waals surface area (Å²) in [4.78, 5) is 3.69. The summed E-state index contributed by atoms with van der Waals surface area (Å²) in [6, 6.07) is 4.40. The number of aromatic nitrogens is 1. The van der Waals surface area contributed by atoms with E-state index in [4.69, 9.17) is 0 Å². The van der Waals surface area contributed by atoms with Crippen molar-refractivity contribution in [1.82, 2.24) is 4.98 Å². The van der Waals surface area contributed by atoms with Gasteiger partial charge in [0.15, 0.2) is 0 Å². The molecule has 18 heavy (non-hydrogen) atoms. The summed E-state index contributed by atoms with van der Waals surface area (Å²) < 4.78 is 39.8. The van der Waals surface area contributed by atoms with Crippen LogP contribution in [-0.4, -0.2) is 4.98 Å². The first-order valence-electron chi connectivity index (χ1n) is 5.39. The molecule has 1 aromatic heterocycles. The third kappa shape index (κ3) is 2.61. The second kappa shape index (κ2) is 5.08. The van der Waals surface area contributed by atoms with Crippen molar-refractivity contribution < 1.29 is 13.2 Å². The maximum atomic E-state index is 13.4. The lowest BCUT2D eigenvalue weighted by atomic mass is 10.1. The predicted molar refractivity (Wildman–Crippen MR) is 62.6 cm³/mol. The Morgan fingerprint density at radius 3 is 2.39 bits per heavy atom. The molecule has 94 valence electrons. The molecule has 0 aliphatic rings. The molecule has 1 unspecified atom stereocenters. The molecule has 1 aromatic carbocycles. The summed E-state index contributed by atoms with van der Waals surface area (Å²) in [5.74, 6) is -1.87. The Morgan fingerprint density at radius 1 is 1.11 bits per heavy atom. The van der Waals surface area contributed by atoms with Gasteiger partial charge in [-0.3, -0.25) is 4.98 Å². The Labute approximate surface area is 102 Å². The Kier molecular flexibility index (Phi) is 3.50. The summed E-state index contributed by atoms with van der Waals surface area (Å²) in [6.45, 7) is 1.67. The van der Waals surface area contributed by atoms with Crippen LogP contribution in [0.15, 0.2) is 36.7 Å². The summed E-state index contributed by atoms with van der Waals surface area (Å²) in [5, 5.41) is 2.67. The van der Waals surface area contributed by atoms with Crippen LogP contribution in [0, 0.1) is 17.5 Å². The number of hydrogen-bond acceptors (Lipinski definition) is 2. The van der Waals surface area contributed by atoms with Gasteiger partial charge in [-0.2, -0.15) is 0 Å². The van der Waals surface area contributed by atoms with E-state index < -0.39 is 23.5 Å². The SMILES string of the molecule is CC(Nc1c(F)cccc1F)c1cncc(F)c1. The van der Waals surface area contributed by atoms with E-state index in [0.29, 0.717) is 5.56 Å². The molecule has 1 atom stereocenters. The van der Waals surface area contributed by atoms with Crippen molar-refractivity contribution in [3.8, 4) is 0 Å². The highest BCUT2D eigenvalue weighted by Crippen LogP contribution is 2.24. The normalized spacial score (nSPS) is 12.2. The second-order valence-electron chi connectivity index (χ2n) is 3.90. The van der Waals surface area contributed by atoms with Gasteiger partial charge in [0.2, 0.25) is 0 Å². The minimum atomic E-state index is -0.689. The number of pyridine rings is 1. The van der Waals surface area contributed by atoms with Gasteiger partial charge >= 0.3 is 0 Å². The van der Waals surface area contributed by atoms with Crippen LogP contribution in [0.25, 0.3) is 0 Å². The Bertz CT molecular complexity index is 537. The molecule has 0 saturated carbocycles. The molecule has 0 amide bonds. The molecule has 1 heterocycles. The number of para-hydroxylation sites is 1. The van der Waals surface area contributed by atoms with E-state index in [-0.39, 0.29) is 5.69 Å². The van der Waals surface area contributed by atoms with Crippen molar-refractivity contribution in [2.24, 2.45) is 0 Å². The van der Waals surface area contributed by atoms with Gasteiger partial charge in [-0.05, 0) is 30.7 Å². The van der Waals surface area contributed by atoms with E-state index in [2.05, 4.69) is 10.3 Å². The minimum absolute atomic E-state index is 0.228. The largest absolute Gasteiger partial charge is 0.374 e. The lowest BCUT2D eigenvalue weighted by molar-refractivity contribution is 0.583. The fourth-order valence-electron chi connectivity index (χ4n) is 1.60. The van der Waals surface area contributed by atoms with Crippen LogP contribution in [0.1, 0.15) is 18.5 Å². The van der Waals surface area contributed by atoms with Crippen molar-refractivity contribution in [3.63, 3.8) is 0 Å². The topological polar surface area (TPSA) is 24.9 Å². The molecule has 0 bridgehead atoms. The van der Waals surface area contributed by atoms with Gasteiger partial charge in [0.1, 0.15) is 23.1 Å². The molecule has 0 saturated heterocycles. The quantitative estimate of drug-likeness (QED) is 0.901. The maximum Gasteiger partial charge on any atom is 0.149 e. The van der Waals surface area contributed by atoms with Gasteiger partial charge in [0.05, 0.1) is 12.2 Å². The number of halogens is 3. The molecule has 2 rings (SSSR count). The zero-order valence-corrected chi connectivity index (χ0v) is 9.62. The molecular weight excluding hydrogens is 241 g/mol. The van der Waals surface area contributed by atoms with Gasteiger partial charge in [-0.15, -0.1) is 0 Å². The zero-order chi connectivity index (χ0) is 13.1. The van der Waals surface area contributed by atoms with E-state index in [9.17, 15) is 13.2 Å².